The number of hydrogen-bond acceptors (Lipinski definition) is 2. The molecule has 0 spiro atoms. The molecule has 1 aromatic rings. The summed E-state index contributed by atoms with van der Waals surface area (Å²) >= 11 is 0. The number of ether oxygens (including phenoxy) is 1. The van der Waals surface area contributed by atoms with Crippen LogP contribution in [0.5, 0.6) is 0 Å². The summed E-state index contributed by atoms with van der Waals surface area (Å²) in [5, 5.41) is 3.52. The van der Waals surface area contributed by atoms with Gasteiger partial charge >= 0.3 is 0 Å². The molecule has 18 heavy (non-hydrogen) atoms. The molecule has 2 bridgehead atoms. The van der Waals surface area contributed by atoms with Gasteiger partial charge in [-0.2, -0.15) is 0 Å². The Morgan fingerprint density at radius 3 is 2.89 bits per heavy atom. The molecule has 1 aromatic carbocycles. The van der Waals surface area contributed by atoms with Gasteiger partial charge in [-0.3, -0.25) is 0 Å². The fourth-order valence-electron chi connectivity index (χ4n) is 3.66. The SMILES string of the molecule is CCc1cccc(C(NC)C2CC3CCC2O3)c1. The molecule has 4 unspecified atom stereocenters. The van der Waals surface area contributed by atoms with E-state index in [2.05, 4.69) is 43.6 Å². The highest BCUT2D eigenvalue weighted by Gasteiger charge is 2.44. The first-order valence-electron chi connectivity index (χ1n) is 7.23. The predicted octanol–water partition coefficient (Wildman–Crippen LogP) is 3.08. The summed E-state index contributed by atoms with van der Waals surface area (Å²) in [4.78, 5) is 0. The van der Waals surface area contributed by atoms with Crippen molar-refractivity contribution in [2.45, 2.75) is 50.9 Å². The molecule has 2 heterocycles. The minimum absolute atomic E-state index is 0.451. The largest absolute Gasteiger partial charge is 0.375 e. The molecule has 1 N–H and O–H groups in total. The molecule has 4 atom stereocenters. The second kappa shape index (κ2) is 5.02. The standard InChI is InChI=1S/C16H23NO/c1-3-11-5-4-6-12(9-11)16(17-2)14-10-13-7-8-15(14)18-13/h4-6,9,13-17H,3,7-8,10H2,1-2H3. The van der Waals surface area contributed by atoms with Gasteiger partial charge in [-0.25, -0.2) is 0 Å². The fourth-order valence-corrected chi connectivity index (χ4v) is 3.66. The Morgan fingerprint density at radius 1 is 1.39 bits per heavy atom. The van der Waals surface area contributed by atoms with E-state index in [0.29, 0.717) is 24.2 Å². The van der Waals surface area contributed by atoms with E-state index in [1.165, 1.54) is 30.4 Å². The Kier molecular flexibility index (Phi) is 3.40. The molecule has 0 saturated carbocycles. The van der Waals surface area contributed by atoms with E-state index in [1.807, 2.05) is 0 Å². The van der Waals surface area contributed by atoms with Gasteiger partial charge in [0.05, 0.1) is 12.2 Å². The van der Waals surface area contributed by atoms with Crippen molar-refractivity contribution in [1.29, 1.82) is 0 Å². The van der Waals surface area contributed by atoms with E-state index in [4.69, 9.17) is 4.74 Å². The van der Waals surface area contributed by atoms with Crippen molar-refractivity contribution in [2.75, 3.05) is 7.05 Å². The van der Waals surface area contributed by atoms with Crippen LogP contribution in [0, 0.1) is 5.92 Å². The summed E-state index contributed by atoms with van der Waals surface area (Å²) in [6.45, 7) is 2.22. The van der Waals surface area contributed by atoms with Crippen LogP contribution in [0.3, 0.4) is 0 Å². The van der Waals surface area contributed by atoms with Crippen LogP contribution in [-0.4, -0.2) is 19.3 Å². The number of benzene rings is 1. The van der Waals surface area contributed by atoms with Crippen LogP contribution in [0.25, 0.3) is 0 Å². The minimum Gasteiger partial charge on any atom is -0.375 e. The minimum atomic E-state index is 0.451. The molecular weight excluding hydrogens is 222 g/mol. The van der Waals surface area contributed by atoms with E-state index in [9.17, 15) is 0 Å². The van der Waals surface area contributed by atoms with Gasteiger partial charge in [-0.15, -0.1) is 0 Å². The Balaban J connectivity index is 1.83. The van der Waals surface area contributed by atoms with Crippen molar-refractivity contribution in [3.05, 3.63) is 35.4 Å². The molecule has 98 valence electrons. The molecule has 2 saturated heterocycles. The van der Waals surface area contributed by atoms with Crippen LogP contribution in [0.4, 0.5) is 0 Å². The highest BCUT2D eigenvalue weighted by molar-refractivity contribution is 5.27. The predicted molar refractivity (Wildman–Crippen MR) is 73.6 cm³/mol. The van der Waals surface area contributed by atoms with Gasteiger partial charge in [0.15, 0.2) is 0 Å². The number of aryl methyl sites for hydroxylation is 1. The first-order valence-corrected chi connectivity index (χ1v) is 7.23. The number of nitrogens with one attached hydrogen (secondary N) is 1. The lowest BCUT2D eigenvalue weighted by atomic mass is 9.81. The lowest BCUT2D eigenvalue weighted by Gasteiger charge is -2.28. The van der Waals surface area contributed by atoms with Gasteiger partial charge in [0.25, 0.3) is 0 Å². The molecule has 0 aromatic heterocycles. The van der Waals surface area contributed by atoms with Crippen LogP contribution in [0.2, 0.25) is 0 Å². The average molecular weight is 245 g/mol. The summed E-state index contributed by atoms with van der Waals surface area (Å²) in [6, 6.07) is 9.46. The first kappa shape index (κ1) is 12.2. The van der Waals surface area contributed by atoms with E-state index < -0.39 is 0 Å². The lowest BCUT2D eigenvalue weighted by molar-refractivity contribution is 0.0863. The van der Waals surface area contributed by atoms with E-state index in [1.54, 1.807) is 0 Å². The zero-order valence-electron chi connectivity index (χ0n) is 11.4. The molecule has 0 aliphatic carbocycles. The zero-order chi connectivity index (χ0) is 12.5. The van der Waals surface area contributed by atoms with Crippen molar-refractivity contribution < 1.29 is 4.74 Å². The molecule has 2 fully saturated rings. The Morgan fingerprint density at radius 2 is 2.28 bits per heavy atom. The van der Waals surface area contributed by atoms with Gasteiger partial charge in [0, 0.05) is 12.0 Å². The van der Waals surface area contributed by atoms with Gasteiger partial charge in [0.2, 0.25) is 0 Å². The van der Waals surface area contributed by atoms with Gasteiger partial charge < -0.3 is 10.1 Å². The van der Waals surface area contributed by atoms with E-state index in [0.717, 1.165) is 6.42 Å². The normalized spacial score (nSPS) is 31.8. The molecule has 3 rings (SSSR count). The second-order valence-corrected chi connectivity index (χ2v) is 5.64. The summed E-state index contributed by atoms with van der Waals surface area (Å²) in [5.41, 5.74) is 2.86. The maximum Gasteiger partial charge on any atom is 0.0627 e. The van der Waals surface area contributed by atoms with Crippen molar-refractivity contribution in [3.8, 4) is 0 Å². The van der Waals surface area contributed by atoms with Crippen molar-refractivity contribution in [2.24, 2.45) is 5.92 Å². The molecule has 2 nitrogen and oxygen atoms in total. The Bertz CT molecular complexity index is 417. The van der Waals surface area contributed by atoms with Crippen molar-refractivity contribution in [1.82, 2.24) is 5.32 Å². The highest BCUT2D eigenvalue weighted by atomic mass is 16.5. The average Bonchev–Trinajstić information content (AvgIpc) is 3.02. The quantitative estimate of drug-likeness (QED) is 0.880. The smallest absolute Gasteiger partial charge is 0.0627 e. The van der Waals surface area contributed by atoms with Crippen LogP contribution in [0.1, 0.15) is 43.4 Å². The molecule has 0 radical (unpaired) electrons. The summed E-state index contributed by atoms with van der Waals surface area (Å²) in [7, 11) is 2.08. The molecule has 2 aliphatic heterocycles. The zero-order valence-corrected chi connectivity index (χ0v) is 11.4. The third-order valence-electron chi connectivity index (χ3n) is 4.61. The maximum absolute atomic E-state index is 6.01. The van der Waals surface area contributed by atoms with Crippen LogP contribution < -0.4 is 5.32 Å². The van der Waals surface area contributed by atoms with Crippen LogP contribution in [0.15, 0.2) is 24.3 Å². The fraction of sp³-hybridized carbons (Fsp3) is 0.625. The third kappa shape index (κ3) is 2.08. The molecule has 2 heteroatoms. The topological polar surface area (TPSA) is 21.3 Å². The van der Waals surface area contributed by atoms with Gasteiger partial charge in [0.1, 0.15) is 0 Å². The van der Waals surface area contributed by atoms with Crippen LogP contribution in [-0.2, 0) is 11.2 Å². The molecule has 0 amide bonds. The third-order valence-corrected chi connectivity index (χ3v) is 4.61. The van der Waals surface area contributed by atoms with Crippen molar-refractivity contribution >= 4 is 0 Å². The van der Waals surface area contributed by atoms with Gasteiger partial charge in [-0.1, -0.05) is 31.2 Å². The Hall–Kier alpha value is -0.860. The molecular formula is C16H23NO. The summed E-state index contributed by atoms with van der Waals surface area (Å²) < 4.78 is 6.01. The van der Waals surface area contributed by atoms with Crippen molar-refractivity contribution in [3.63, 3.8) is 0 Å². The van der Waals surface area contributed by atoms with E-state index >= 15 is 0 Å². The monoisotopic (exact) mass is 245 g/mol. The lowest BCUT2D eigenvalue weighted by Crippen LogP contribution is -2.31. The Labute approximate surface area is 110 Å². The van der Waals surface area contributed by atoms with Crippen LogP contribution >= 0.6 is 0 Å². The van der Waals surface area contributed by atoms with E-state index in [-0.39, 0.29) is 0 Å². The maximum atomic E-state index is 6.01. The first-order chi connectivity index (χ1) is 8.81. The summed E-state index contributed by atoms with van der Waals surface area (Å²) in [6.07, 6.45) is 5.88. The van der Waals surface area contributed by atoms with Gasteiger partial charge in [-0.05, 0) is 43.9 Å². The summed E-state index contributed by atoms with van der Waals surface area (Å²) in [5.74, 6) is 0.654. The molecule has 2 aliphatic rings. The highest BCUT2D eigenvalue weighted by Crippen LogP contribution is 2.44. The number of fused-ring (bicyclic) bond motifs is 2. The number of hydrogen-bond donors (Lipinski definition) is 1. The second-order valence-electron chi connectivity index (χ2n) is 5.64. The number of rotatable bonds is 4.